The first kappa shape index (κ1) is 9.34. The molecule has 0 saturated carbocycles. The van der Waals surface area contributed by atoms with Crippen LogP contribution in [-0.4, -0.2) is 6.61 Å². The molecule has 2 heteroatoms. The molecule has 0 aromatic heterocycles. The molecule has 0 aliphatic carbocycles. The van der Waals surface area contributed by atoms with E-state index in [1.165, 1.54) is 12.5 Å². The summed E-state index contributed by atoms with van der Waals surface area (Å²) in [6.07, 6.45) is 4.10. The molecule has 0 unspecified atom stereocenters. The van der Waals surface area contributed by atoms with Gasteiger partial charge in [0.15, 0.2) is 0 Å². The molecule has 1 aliphatic heterocycles. The number of nitrogens with zero attached hydrogens (tertiary/aromatic N) is 1. The fraction of sp³-hybridized carbons (Fsp3) is 0.182. The summed E-state index contributed by atoms with van der Waals surface area (Å²) in [7, 11) is 0. The summed E-state index contributed by atoms with van der Waals surface area (Å²) in [6, 6.07) is 9.78. The van der Waals surface area contributed by atoms with Crippen molar-refractivity contribution >= 4 is 6.08 Å². The van der Waals surface area contributed by atoms with Crippen molar-refractivity contribution in [3.63, 3.8) is 0 Å². The van der Waals surface area contributed by atoms with Crippen LogP contribution in [0.25, 0.3) is 6.08 Å². The Labute approximate surface area is 78.1 Å². The van der Waals surface area contributed by atoms with Gasteiger partial charge in [0.1, 0.15) is 12.4 Å². The molecule has 13 heavy (non-hydrogen) atoms. The van der Waals surface area contributed by atoms with Crippen molar-refractivity contribution in [1.82, 2.24) is 0 Å². The molecule has 1 aliphatic rings. The first-order valence-corrected chi connectivity index (χ1v) is 4.07. The highest BCUT2D eigenvalue weighted by Crippen LogP contribution is 2.21. The van der Waals surface area contributed by atoms with Crippen LogP contribution in [0.5, 0.6) is 5.75 Å². The first-order valence-electron chi connectivity index (χ1n) is 4.07. The maximum Gasteiger partial charge on any atom is 0.126 e. The summed E-state index contributed by atoms with van der Waals surface area (Å²) in [5.74, 6) is 0.991. The van der Waals surface area contributed by atoms with Crippen LogP contribution in [0.4, 0.5) is 0 Å². The topological polar surface area (TPSA) is 33.0 Å². The van der Waals surface area contributed by atoms with E-state index in [4.69, 9.17) is 10.00 Å². The zero-order valence-electron chi connectivity index (χ0n) is 7.53. The van der Waals surface area contributed by atoms with Crippen LogP contribution in [0.15, 0.2) is 30.3 Å². The Morgan fingerprint density at radius 2 is 2.08 bits per heavy atom. The number of nitriles is 1. The van der Waals surface area contributed by atoms with Gasteiger partial charge in [-0.25, -0.2) is 0 Å². The molecule has 0 radical (unpaired) electrons. The smallest absolute Gasteiger partial charge is 0.126 e. The van der Waals surface area contributed by atoms with Gasteiger partial charge in [-0.15, -0.1) is 0 Å². The third-order valence-corrected chi connectivity index (χ3v) is 1.55. The fourth-order valence-electron chi connectivity index (χ4n) is 1.06. The number of ether oxygens (including phenoxy) is 1. The van der Waals surface area contributed by atoms with Crippen LogP contribution in [-0.2, 0) is 0 Å². The second kappa shape index (κ2) is 5.00. The molecule has 0 N–H and O–H groups in total. The van der Waals surface area contributed by atoms with Gasteiger partial charge < -0.3 is 4.74 Å². The fourth-order valence-corrected chi connectivity index (χ4v) is 1.06. The molecule has 0 saturated heterocycles. The average Bonchev–Trinajstić information content (AvgIpc) is 2.19. The third-order valence-electron chi connectivity index (χ3n) is 1.55. The van der Waals surface area contributed by atoms with Gasteiger partial charge in [0.2, 0.25) is 0 Å². The van der Waals surface area contributed by atoms with Crippen molar-refractivity contribution in [3.05, 3.63) is 35.9 Å². The molecule has 2 rings (SSSR count). The van der Waals surface area contributed by atoms with E-state index in [-0.39, 0.29) is 0 Å². The molecular formula is C11H11NO. The number of rotatable bonds is 0. The van der Waals surface area contributed by atoms with Crippen LogP contribution in [0.1, 0.15) is 12.5 Å². The van der Waals surface area contributed by atoms with Gasteiger partial charge >= 0.3 is 0 Å². The van der Waals surface area contributed by atoms with E-state index in [0.29, 0.717) is 6.61 Å². The minimum Gasteiger partial charge on any atom is -0.489 e. The minimum absolute atomic E-state index is 0.705. The van der Waals surface area contributed by atoms with E-state index >= 15 is 0 Å². The maximum absolute atomic E-state index is 7.32. The maximum atomic E-state index is 7.32. The van der Waals surface area contributed by atoms with Crippen LogP contribution in [0.2, 0.25) is 0 Å². The minimum atomic E-state index is 0.705. The lowest BCUT2D eigenvalue weighted by Gasteiger charge is -2.10. The number of hydrogen-bond acceptors (Lipinski definition) is 2. The zero-order valence-corrected chi connectivity index (χ0v) is 7.53. The van der Waals surface area contributed by atoms with Crippen molar-refractivity contribution in [2.75, 3.05) is 6.61 Å². The van der Waals surface area contributed by atoms with Gasteiger partial charge in [0, 0.05) is 12.5 Å². The Morgan fingerprint density at radius 1 is 1.38 bits per heavy atom. The molecule has 66 valence electrons. The number of hydrogen-bond donors (Lipinski definition) is 0. The molecule has 2 nitrogen and oxygen atoms in total. The van der Waals surface area contributed by atoms with Gasteiger partial charge in [-0.2, -0.15) is 5.26 Å². The highest BCUT2D eigenvalue weighted by Gasteiger charge is 2.01. The standard InChI is InChI=1S/C9H8O.C2H3N/c1-2-6-9-8(4-1)5-3-7-10-9;1-2-3/h1-6H,7H2;1H3. The lowest BCUT2D eigenvalue weighted by molar-refractivity contribution is 0.358. The van der Waals surface area contributed by atoms with Crippen molar-refractivity contribution in [2.24, 2.45) is 0 Å². The lowest BCUT2D eigenvalue weighted by atomic mass is 10.1. The largest absolute Gasteiger partial charge is 0.489 e. The van der Waals surface area contributed by atoms with Crippen molar-refractivity contribution in [2.45, 2.75) is 6.92 Å². The Bertz CT molecular complexity index is 336. The van der Waals surface area contributed by atoms with Crippen LogP contribution < -0.4 is 4.74 Å². The van der Waals surface area contributed by atoms with Gasteiger partial charge in [-0.05, 0) is 12.1 Å². The first-order chi connectivity index (χ1) is 6.38. The van der Waals surface area contributed by atoms with E-state index in [1.807, 2.05) is 30.3 Å². The summed E-state index contributed by atoms with van der Waals surface area (Å²) in [5.41, 5.74) is 1.17. The number of benzene rings is 1. The molecule has 0 spiro atoms. The van der Waals surface area contributed by atoms with Gasteiger partial charge in [0.05, 0.1) is 6.07 Å². The van der Waals surface area contributed by atoms with Crippen molar-refractivity contribution in [3.8, 4) is 11.8 Å². The monoisotopic (exact) mass is 173 g/mol. The van der Waals surface area contributed by atoms with Gasteiger partial charge in [0.25, 0.3) is 0 Å². The normalized spacial score (nSPS) is 11.4. The summed E-state index contributed by atoms with van der Waals surface area (Å²) in [6.45, 7) is 2.14. The highest BCUT2D eigenvalue weighted by atomic mass is 16.5. The Balaban J connectivity index is 0.000000251. The molecular weight excluding hydrogens is 162 g/mol. The second-order valence-corrected chi connectivity index (χ2v) is 2.47. The Hall–Kier alpha value is -1.75. The highest BCUT2D eigenvalue weighted by molar-refractivity contribution is 5.58. The molecule has 0 amide bonds. The quantitative estimate of drug-likeness (QED) is 0.604. The average molecular weight is 173 g/mol. The van der Waals surface area contributed by atoms with Gasteiger partial charge in [-0.3, -0.25) is 0 Å². The third kappa shape index (κ3) is 2.64. The van der Waals surface area contributed by atoms with E-state index in [0.717, 1.165) is 5.75 Å². The van der Waals surface area contributed by atoms with Crippen LogP contribution in [0, 0.1) is 11.3 Å². The number of para-hydroxylation sites is 1. The molecule has 1 heterocycles. The summed E-state index contributed by atoms with van der Waals surface area (Å²) in [4.78, 5) is 0. The molecule has 0 bridgehead atoms. The lowest BCUT2D eigenvalue weighted by Crippen LogP contribution is -1.98. The van der Waals surface area contributed by atoms with Crippen molar-refractivity contribution in [1.29, 1.82) is 5.26 Å². The van der Waals surface area contributed by atoms with Gasteiger partial charge in [-0.1, -0.05) is 24.3 Å². The second-order valence-electron chi connectivity index (χ2n) is 2.47. The van der Waals surface area contributed by atoms with E-state index in [1.54, 1.807) is 6.07 Å². The number of fused-ring (bicyclic) bond motifs is 1. The summed E-state index contributed by atoms with van der Waals surface area (Å²) in [5, 5.41) is 7.32. The molecule has 1 aromatic carbocycles. The summed E-state index contributed by atoms with van der Waals surface area (Å²) < 4.78 is 5.34. The Morgan fingerprint density at radius 3 is 2.77 bits per heavy atom. The SMILES string of the molecule is C1=Cc2ccccc2OC1.CC#N. The predicted octanol–water partition coefficient (Wildman–Crippen LogP) is 2.62. The van der Waals surface area contributed by atoms with E-state index in [2.05, 4.69) is 6.08 Å². The molecule has 1 aromatic rings. The summed E-state index contributed by atoms with van der Waals surface area (Å²) >= 11 is 0. The Kier molecular flexibility index (Phi) is 3.59. The van der Waals surface area contributed by atoms with E-state index in [9.17, 15) is 0 Å². The van der Waals surface area contributed by atoms with E-state index < -0.39 is 0 Å². The zero-order chi connectivity index (χ0) is 9.52. The molecule has 0 fully saturated rings. The molecule has 0 atom stereocenters. The van der Waals surface area contributed by atoms with Crippen molar-refractivity contribution < 1.29 is 4.74 Å². The van der Waals surface area contributed by atoms with Crippen LogP contribution >= 0.6 is 0 Å². The van der Waals surface area contributed by atoms with Crippen LogP contribution in [0.3, 0.4) is 0 Å². The predicted molar refractivity (Wildman–Crippen MR) is 52.3 cm³/mol.